The number of aromatic nitrogens is 1. The second-order valence-corrected chi connectivity index (χ2v) is 8.92. The van der Waals surface area contributed by atoms with Gasteiger partial charge in [0.2, 0.25) is 0 Å². The summed E-state index contributed by atoms with van der Waals surface area (Å²) in [5, 5.41) is 12.0. The third-order valence-electron chi connectivity index (χ3n) is 5.94. The van der Waals surface area contributed by atoms with Gasteiger partial charge in [-0.2, -0.15) is 0 Å². The summed E-state index contributed by atoms with van der Waals surface area (Å²) in [7, 11) is 2.96. The topological polar surface area (TPSA) is 110 Å². The summed E-state index contributed by atoms with van der Waals surface area (Å²) >= 11 is 11.3. The zero-order valence-corrected chi connectivity index (χ0v) is 21.9. The lowest BCUT2D eigenvalue weighted by Crippen LogP contribution is -2.54. The SMILES string of the molecule is COc1ccc(N2C(=O)C(=Cc3cc(C)n(-c4ccc(Cl)c(C(=O)O)c4)c3C)C(=O)NC2=S)c(OC)c1. The highest BCUT2D eigenvalue weighted by molar-refractivity contribution is 7.80. The number of hydrogen-bond donors (Lipinski definition) is 2. The second-order valence-electron chi connectivity index (χ2n) is 8.13. The Kier molecular flexibility index (Phi) is 7.06. The second kappa shape index (κ2) is 10.1. The Morgan fingerprint density at radius 2 is 1.81 bits per heavy atom. The van der Waals surface area contributed by atoms with E-state index in [9.17, 15) is 19.5 Å². The van der Waals surface area contributed by atoms with Crippen LogP contribution in [0.15, 0.2) is 48.0 Å². The van der Waals surface area contributed by atoms with Crippen molar-refractivity contribution in [3.8, 4) is 17.2 Å². The number of carbonyl (C=O) groups is 3. The van der Waals surface area contributed by atoms with Crippen molar-refractivity contribution in [2.75, 3.05) is 19.1 Å². The van der Waals surface area contributed by atoms with Gasteiger partial charge in [0.25, 0.3) is 11.8 Å². The summed E-state index contributed by atoms with van der Waals surface area (Å²) in [6.45, 7) is 3.63. The maximum atomic E-state index is 13.5. The number of carboxylic acid groups (broad SMARTS) is 1. The van der Waals surface area contributed by atoms with E-state index in [1.807, 2.05) is 11.5 Å². The van der Waals surface area contributed by atoms with Crippen molar-refractivity contribution in [1.82, 2.24) is 9.88 Å². The number of aryl methyl sites for hydroxylation is 1. The number of amides is 2. The van der Waals surface area contributed by atoms with Gasteiger partial charge in [0, 0.05) is 23.1 Å². The van der Waals surface area contributed by atoms with Crippen LogP contribution in [-0.2, 0) is 9.59 Å². The molecular formula is C26H22ClN3O6S. The number of thiocarbonyl (C=S) groups is 1. The Balaban J connectivity index is 1.78. The van der Waals surface area contributed by atoms with Crippen LogP contribution in [-0.4, -0.2) is 46.8 Å². The number of methoxy groups -OCH3 is 2. The van der Waals surface area contributed by atoms with Crippen molar-refractivity contribution in [3.63, 3.8) is 0 Å². The van der Waals surface area contributed by atoms with Crippen molar-refractivity contribution in [1.29, 1.82) is 0 Å². The van der Waals surface area contributed by atoms with Crippen LogP contribution < -0.4 is 19.7 Å². The number of ether oxygens (including phenoxy) is 2. The lowest BCUT2D eigenvalue weighted by molar-refractivity contribution is -0.122. The van der Waals surface area contributed by atoms with Gasteiger partial charge in [0.15, 0.2) is 5.11 Å². The molecule has 2 aromatic carbocycles. The minimum Gasteiger partial charge on any atom is -0.497 e. The minimum atomic E-state index is -1.15. The van der Waals surface area contributed by atoms with E-state index >= 15 is 0 Å². The number of nitrogens with one attached hydrogen (secondary N) is 1. The summed E-state index contributed by atoms with van der Waals surface area (Å²) < 4.78 is 12.5. The van der Waals surface area contributed by atoms with Gasteiger partial charge in [-0.15, -0.1) is 0 Å². The third-order valence-corrected chi connectivity index (χ3v) is 6.55. The van der Waals surface area contributed by atoms with E-state index in [2.05, 4.69) is 5.32 Å². The van der Waals surface area contributed by atoms with Gasteiger partial charge >= 0.3 is 5.97 Å². The average molecular weight is 540 g/mol. The van der Waals surface area contributed by atoms with Gasteiger partial charge in [-0.25, -0.2) is 9.69 Å². The first-order valence-corrected chi connectivity index (χ1v) is 11.7. The van der Waals surface area contributed by atoms with Crippen molar-refractivity contribution >= 4 is 58.5 Å². The van der Waals surface area contributed by atoms with Crippen molar-refractivity contribution in [3.05, 3.63) is 75.6 Å². The predicted octanol–water partition coefficient (Wildman–Crippen LogP) is 4.29. The Labute approximate surface area is 222 Å². The predicted molar refractivity (Wildman–Crippen MR) is 143 cm³/mol. The fraction of sp³-hybridized carbons (Fsp3) is 0.154. The van der Waals surface area contributed by atoms with Gasteiger partial charge in [-0.05, 0) is 74.1 Å². The van der Waals surface area contributed by atoms with Crippen LogP contribution in [0, 0.1) is 13.8 Å². The molecule has 0 atom stereocenters. The molecule has 9 nitrogen and oxygen atoms in total. The Morgan fingerprint density at radius 1 is 1.08 bits per heavy atom. The molecule has 11 heteroatoms. The lowest BCUT2D eigenvalue weighted by Gasteiger charge is -2.30. The van der Waals surface area contributed by atoms with Crippen LogP contribution in [0.25, 0.3) is 11.8 Å². The molecule has 0 radical (unpaired) electrons. The van der Waals surface area contributed by atoms with Crippen molar-refractivity contribution < 1.29 is 29.0 Å². The van der Waals surface area contributed by atoms with E-state index in [4.69, 9.17) is 33.3 Å². The highest BCUT2D eigenvalue weighted by atomic mass is 35.5. The maximum Gasteiger partial charge on any atom is 0.337 e. The molecule has 2 amide bonds. The first-order valence-electron chi connectivity index (χ1n) is 10.9. The summed E-state index contributed by atoms with van der Waals surface area (Å²) in [6, 6.07) is 11.3. The van der Waals surface area contributed by atoms with Crippen LogP contribution in [0.4, 0.5) is 5.69 Å². The van der Waals surface area contributed by atoms with Gasteiger partial charge in [-0.1, -0.05) is 11.6 Å². The normalized spacial score (nSPS) is 14.7. The lowest BCUT2D eigenvalue weighted by atomic mass is 10.1. The van der Waals surface area contributed by atoms with Gasteiger partial charge in [0.05, 0.1) is 30.5 Å². The summed E-state index contributed by atoms with van der Waals surface area (Å²) in [4.78, 5) is 39.1. The van der Waals surface area contributed by atoms with Crippen LogP contribution >= 0.6 is 23.8 Å². The van der Waals surface area contributed by atoms with E-state index in [1.54, 1.807) is 37.3 Å². The fourth-order valence-electron chi connectivity index (χ4n) is 4.15. The number of carbonyl (C=O) groups excluding carboxylic acids is 2. The van der Waals surface area contributed by atoms with Crippen molar-refractivity contribution in [2.45, 2.75) is 13.8 Å². The fourth-order valence-corrected chi connectivity index (χ4v) is 4.62. The molecule has 2 heterocycles. The molecule has 3 aromatic rings. The zero-order chi connectivity index (χ0) is 27.0. The third kappa shape index (κ3) is 4.68. The molecule has 1 aliphatic rings. The molecule has 0 bridgehead atoms. The minimum absolute atomic E-state index is 0.0361. The van der Waals surface area contributed by atoms with Gasteiger partial charge < -0.3 is 19.1 Å². The molecular weight excluding hydrogens is 518 g/mol. The number of rotatable bonds is 6. The van der Waals surface area contributed by atoms with Crippen molar-refractivity contribution in [2.24, 2.45) is 0 Å². The van der Waals surface area contributed by atoms with Crippen LogP contribution in [0.2, 0.25) is 5.02 Å². The number of aromatic carboxylic acids is 1. The average Bonchev–Trinajstić information content (AvgIpc) is 3.14. The molecule has 0 spiro atoms. The molecule has 1 aromatic heterocycles. The molecule has 37 heavy (non-hydrogen) atoms. The van der Waals surface area contributed by atoms with E-state index < -0.39 is 17.8 Å². The van der Waals surface area contributed by atoms with E-state index in [0.29, 0.717) is 34.1 Å². The van der Waals surface area contributed by atoms with E-state index in [-0.39, 0.29) is 21.3 Å². The number of anilines is 1. The molecule has 1 fully saturated rings. The Bertz CT molecular complexity index is 1510. The molecule has 0 saturated carbocycles. The molecule has 2 N–H and O–H groups in total. The Morgan fingerprint density at radius 3 is 2.46 bits per heavy atom. The molecule has 0 unspecified atom stereocenters. The smallest absolute Gasteiger partial charge is 0.337 e. The first kappa shape index (κ1) is 25.9. The number of nitrogens with zero attached hydrogens (tertiary/aromatic N) is 2. The summed E-state index contributed by atoms with van der Waals surface area (Å²) in [5.41, 5.74) is 2.79. The van der Waals surface area contributed by atoms with E-state index in [1.165, 1.54) is 37.3 Å². The highest BCUT2D eigenvalue weighted by Gasteiger charge is 2.36. The summed E-state index contributed by atoms with van der Waals surface area (Å²) in [5.74, 6) is -1.55. The molecule has 190 valence electrons. The monoisotopic (exact) mass is 539 g/mol. The van der Waals surface area contributed by atoms with Crippen LogP contribution in [0.1, 0.15) is 27.3 Å². The van der Waals surface area contributed by atoms with Crippen LogP contribution in [0.3, 0.4) is 0 Å². The number of hydrogen-bond acceptors (Lipinski definition) is 6. The quantitative estimate of drug-likeness (QED) is 0.273. The number of halogens is 1. The van der Waals surface area contributed by atoms with Gasteiger partial charge in [0.1, 0.15) is 17.1 Å². The number of benzene rings is 2. The molecule has 1 saturated heterocycles. The molecule has 4 rings (SSSR count). The Hall–Kier alpha value is -4.15. The highest BCUT2D eigenvalue weighted by Crippen LogP contribution is 2.35. The molecule has 1 aliphatic heterocycles. The van der Waals surface area contributed by atoms with E-state index in [0.717, 1.165) is 5.69 Å². The number of carboxylic acids is 1. The van der Waals surface area contributed by atoms with Crippen LogP contribution in [0.5, 0.6) is 11.5 Å². The van der Waals surface area contributed by atoms with Gasteiger partial charge in [-0.3, -0.25) is 14.9 Å². The largest absolute Gasteiger partial charge is 0.497 e. The maximum absolute atomic E-state index is 13.5. The first-order chi connectivity index (χ1) is 17.6. The zero-order valence-electron chi connectivity index (χ0n) is 20.3. The molecule has 0 aliphatic carbocycles. The summed E-state index contributed by atoms with van der Waals surface area (Å²) in [6.07, 6.45) is 1.48. The standard InChI is InChI=1S/C26H22ClN3O6S/c1-13-9-15(14(2)29(13)16-5-7-20(27)18(11-16)25(33)34)10-19-23(31)28-26(37)30(24(19)32)21-8-6-17(35-3)12-22(21)36-4/h5-12H,1-4H3,(H,33,34)(H,28,31,37).